The van der Waals surface area contributed by atoms with Crippen molar-refractivity contribution < 1.29 is 4.79 Å². The van der Waals surface area contributed by atoms with Crippen molar-refractivity contribution >= 4 is 23.9 Å². The van der Waals surface area contributed by atoms with Gasteiger partial charge in [-0.25, -0.2) is 9.97 Å². The minimum atomic E-state index is 0.490. The SMILES string of the molecule is CNc1ncnc(Sc2ccccc2)c1C=O. The van der Waals surface area contributed by atoms with E-state index in [1.807, 2.05) is 30.3 Å². The van der Waals surface area contributed by atoms with Gasteiger partial charge in [0.2, 0.25) is 0 Å². The third-order valence-corrected chi connectivity index (χ3v) is 3.19. The summed E-state index contributed by atoms with van der Waals surface area (Å²) in [6.45, 7) is 0. The summed E-state index contributed by atoms with van der Waals surface area (Å²) in [4.78, 5) is 20.2. The summed E-state index contributed by atoms with van der Waals surface area (Å²) in [5, 5.41) is 3.53. The summed E-state index contributed by atoms with van der Waals surface area (Å²) in [7, 11) is 1.73. The zero-order chi connectivity index (χ0) is 12.1. The summed E-state index contributed by atoms with van der Waals surface area (Å²) >= 11 is 1.45. The maximum absolute atomic E-state index is 11.1. The largest absolute Gasteiger partial charge is 0.372 e. The second kappa shape index (κ2) is 5.45. The molecule has 2 rings (SSSR count). The first kappa shape index (κ1) is 11.6. The van der Waals surface area contributed by atoms with Gasteiger partial charge < -0.3 is 5.32 Å². The molecule has 1 N–H and O–H groups in total. The fraction of sp³-hybridized carbons (Fsp3) is 0.0833. The lowest BCUT2D eigenvalue weighted by molar-refractivity contribution is 0.112. The molecule has 5 heteroatoms. The zero-order valence-electron chi connectivity index (χ0n) is 9.25. The molecule has 1 aromatic heterocycles. The molecule has 0 spiro atoms. The fourth-order valence-corrected chi connectivity index (χ4v) is 2.24. The molecule has 0 aliphatic heterocycles. The third-order valence-electron chi connectivity index (χ3n) is 2.16. The van der Waals surface area contributed by atoms with Crippen molar-refractivity contribution in [2.45, 2.75) is 9.92 Å². The Morgan fingerprint density at radius 3 is 2.65 bits per heavy atom. The first-order valence-corrected chi connectivity index (χ1v) is 5.87. The number of carbonyl (C=O) groups excluding carboxylic acids is 1. The van der Waals surface area contributed by atoms with Crippen LogP contribution in [0.4, 0.5) is 5.82 Å². The Balaban J connectivity index is 2.36. The van der Waals surface area contributed by atoms with Crippen LogP contribution >= 0.6 is 11.8 Å². The van der Waals surface area contributed by atoms with Crippen LogP contribution in [0, 0.1) is 0 Å². The molecule has 0 bridgehead atoms. The highest BCUT2D eigenvalue weighted by molar-refractivity contribution is 7.99. The van der Waals surface area contributed by atoms with Gasteiger partial charge in [0.15, 0.2) is 6.29 Å². The summed E-state index contributed by atoms with van der Waals surface area (Å²) in [6.07, 6.45) is 2.22. The average Bonchev–Trinajstić information content (AvgIpc) is 2.39. The van der Waals surface area contributed by atoms with E-state index in [4.69, 9.17) is 0 Å². The van der Waals surface area contributed by atoms with Crippen LogP contribution in [0.1, 0.15) is 10.4 Å². The van der Waals surface area contributed by atoms with Crippen LogP contribution in [0.25, 0.3) is 0 Å². The van der Waals surface area contributed by atoms with Crippen molar-refractivity contribution in [1.29, 1.82) is 0 Å². The minimum absolute atomic E-state index is 0.490. The molecule has 0 fully saturated rings. The molecule has 0 unspecified atom stereocenters. The van der Waals surface area contributed by atoms with Crippen LogP contribution < -0.4 is 5.32 Å². The standard InChI is InChI=1S/C12H11N3OS/c1-13-11-10(7-16)12(15-8-14-11)17-9-5-3-2-4-6-9/h2-8H,1H3,(H,13,14,15). The number of anilines is 1. The predicted molar refractivity (Wildman–Crippen MR) is 67.5 cm³/mol. The lowest BCUT2D eigenvalue weighted by atomic mass is 10.3. The Morgan fingerprint density at radius 2 is 2.00 bits per heavy atom. The molecule has 0 atom stereocenters. The molecule has 17 heavy (non-hydrogen) atoms. The van der Waals surface area contributed by atoms with Crippen LogP contribution in [0.3, 0.4) is 0 Å². The molecule has 0 aliphatic carbocycles. The average molecular weight is 245 g/mol. The van der Waals surface area contributed by atoms with E-state index < -0.39 is 0 Å². The van der Waals surface area contributed by atoms with Crippen molar-refractivity contribution in [3.05, 3.63) is 42.2 Å². The van der Waals surface area contributed by atoms with Gasteiger partial charge in [-0.2, -0.15) is 0 Å². The molecule has 86 valence electrons. The number of rotatable bonds is 4. The third kappa shape index (κ3) is 2.62. The van der Waals surface area contributed by atoms with E-state index in [1.165, 1.54) is 18.1 Å². The molecule has 0 amide bonds. The quantitative estimate of drug-likeness (QED) is 0.662. The maximum Gasteiger partial charge on any atom is 0.156 e. The fourth-order valence-electron chi connectivity index (χ4n) is 1.37. The Kier molecular flexibility index (Phi) is 3.72. The van der Waals surface area contributed by atoms with Crippen LogP contribution in [-0.2, 0) is 0 Å². The van der Waals surface area contributed by atoms with Gasteiger partial charge in [-0.1, -0.05) is 30.0 Å². The van der Waals surface area contributed by atoms with E-state index in [9.17, 15) is 4.79 Å². The molecule has 1 heterocycles. The van der Waals surface area contributed by atoms with Gasteiger partial charge in [0.1, 0.15) is 17.2 Å². The number of carbonyl (C=O) groups is 1. The second-order valence-electron chi connectivity index (χ2n) is 3.22. The van der Waals surface area contributed by atoms with Gasteiger partial charge in [0, 0.05) is 11.9 Å². The highest BCUT2D eigenvalue weighted by Crippen LogP contribution is 2.29. The zero-order valence-corrected chi connectivity index (χ0v) is 10.1. The summed E-state index contributed by atoms with van der Waals surface area (Å²) < 4.78 is 0. The lowest BCUT2D eigenvalue weighted by Crippen LogP contribution is -2.01. The highest BCUT2D eigenvalue weighted by atomic mass is 32.2. The predicted octanol–water partition coefficient (Wildman–Crippen LogP) is 2.48. The lowest BCUT2D eigenvalue weighted by Gasteiger charge is -2.07. The van der Waals surface area contributed by atoms with Crippen molar-refractivity contribution in [2.24, 2.45) is 0 Å². The van der Waals surface area contributed by atoms with Crippen LogP contribution in [-0.4, -0.2) is 23.3 Å². The van der Waals surface area contributed by atoms with Gasteiger partial charge in [0.05, 0.1) is 5.56 Å². The number of hydrogen-bond donors (Lipinski definition) is 1. The Labute approximate surface area is 103 Å². The molecule has 4 nitrogen and oxygen atoms in total. The van der Waals surface area contributed by atoms with Crippen LogP contribution in [0.5, 0.6) is 0 Å². The van der Waals surface area contributed by atoms with Gasteiger partial charge >= 0.3 is 0 Å². The number of benzene rings is 1. The minimum Gasteiger partial charge on any atom is -0.372 e. The van der Waals surface area contributed by atoms with E-state index in [1.54, 1.807) is 7.05 Å². The van der Waals surface area contributed by atoms with E-state index in [0.717, 1.165) is 11.2 Å². The Hall–Kier alpha value is -1.88. The highest BCUT2D eigenvalue weighted by Gasteiger charge is 2.10. The van der Waals surface area contributed by atoms with E-state index in [-0.39, 0.29) is 0 Å². The van der Waals surface area contributed by atoms with Gasteiger partial charge in [0.25, 0.3) is 0 Å². The first-order valence-electron chi connectivity index (χ1n) is 5.06. The maximum atomic E-state index is 11.1. The number of aromatic nitrogens is 2. The van der Waals surface area contributed by atoms with Crippen molar-refractivity contribution in [3.8, 4) is 0 Å². The topological polar surface area (TPSA) is 54.9 Å². The molecular weight excluding hydrogens is 234 g/mol. The van der Waals surface area contributed by atoms with Gasteiger partial charge in [-0.05, 0) is 12.1 Å². The summed E-state index contributed by atoms with van der Waals surface area (Å²) in [5.41, 5.74) is 0.490. The smallest absolute Gasteiger partial charge is 0.156 e. The van der Waals surface area contributed by atoms with E-state index >= 15 is 0 Å². The van der Waals surface area contributed by atoms with Crippen molar-refractivity contribution in [1.82, 2.24) is 9.97 Å². The van der Waals surface area contributed by atoms with E-state index in [2.05, 4.69) is 15.3 Å². The molecular formula is C12H11N3OS. The number of hydrogen-bond acceptors (Lipinski definition) is 5. The summed E-state index contributed by atoms with van der Waals surface area (Å²) in [6, 6.07) is 9.79. The number of nitrogens with zero attached hydrogens (tertiary/aromatic N) is 2. The van der Waals surface area contributed by atoms with E-state index in [0.29, 0.717) is 16.4 Å². The first-order chi connectivity index (χ1) is 8.35. The number of nitrogens with one attached hydrogen (secondary N) is 1. The molecule has 0 aliphatic rings. The molecule has 2 aromatic rings. The van der Waals surface area contributed by atoms with Crippen LogP contribution in [0.15, 0.2) is 46.6 Å². The van der Waals surface area contributed by atoms with Crippen molar-refractivity contribution in [2.75, 3.05) is 12.4 Å². The normalized spacial score (nSPS) is 9.94. The molecule has 0 saturated heterocycles. The molecule has 1 aromatic carbocycles. The molecule has 0 saturated carbocycles. The second-order valence-corrected chi connectivity index (χ2v) is 4.29. The monoisotopic (exact) mass is 245 g/mol. The van der Waals surface area contributed by atoms with Crippen LogP contribution in [0.2, 0.25) is 0 Å². The Morgan fingerprint density at radius 1 is 1.24 bits per heavy atom. The summed E-state index contributed by atoms with van der Waals surface area (Å²) in [5.74, 6) is 0.549. The van der Waals surface area contributed by atoms with Crippen molar-refractivity contribution in [3.63, 3.8) is 0 Å². The molecule has 0 radical (unpaired) electrons. The van der Waals surface area contributed by atoms with Gasteiger partial charge in [-0.15, -0.1) is 0 Å². The Bertz CT molecular complexity index is 516. The van der Waals surface area contributed by atoms with Gasteiger partial charge in [-0.3, -0.25) is 4.79 Å². The number of aldehydes is 1.